The molecule has 0 bridgehead atoms. The lowest BCUT2D eigenvalue weighted by molar-refractivity contribution is 0.603. The highest BCUT2D eigenvalue weighted by Gasteiger charge is 2.12. The van der Waals surface area contributed by atoms with Crippen LogP contribution < -0.4 is 11.0 Å². The minimum absolute atomic E-state index is 0.168. The van der Waals surface area contributed by atoms with Gasteiger partial charge in [0, 0.05) is 19.3 Å². The van der Waals surface area contributed by atoms with E-state index in [1.807, 2.05) is 19.1 Å². The molecule has 0 spiro atoms. The number of hydrogen-bond donors (Lipinski definition) is 2. The average Bonchev–Trinajstić information content (AvgIpc) is 2.80. The lowest BCUT2D eigenvalue weighted by Gasteiger charge is -2.08. The fraction of sp³-hybridized carbons (Fsp3) is 0.462. The molecular weight excluding hydrogens is 274 g/mol. The molecule has 0 radical (unpaired) electrons. The van der Waals surface area contributed by atoms with Gasteiger partial charge in [0.1, 0.15) is 5.03 Å². The molecule has 0 aromatic carbocycles. The van der Waals surface area contributed by atoms with Crippen LogP contribution in [0.2, 0.25) is 0 Å². The molecule has 0 unspecified atom stereocenters. The van der Waals surface area contributed by atoms with Gasteiger partial charge in [-0.05, 0) is 36.4 Å². The van der Waals surface area contributed by atoms with Gasteiger partial charge in [-0.3, -0.25) is 4.57 Å². The van der Waals surface area contributed by atoms with Crippen LogP contribution in [0.1, 0.15) is 25.8 Å². The molecule has 6 nitrogen and oxygen atoms in total. The largest absolute Gasteiger partial charge is 0.343 e. The fourth-order valence-corrected chi connectivity index (χ4v) is 2.73. The number of nitrogens with one attached hydrogen (secondary N) is 2. The molecule has 0 atom stereocenters. The van der Waals surface area contributed by atoms with Gasteiger partial charge in [-0.2, -0.15) is 0 Å². The molecule has 0 aliphatic rings. The van der Waals surface area contributed by atoms with Crippen LogP contribution in [-0.2, 0) is 13.1 Å². The van der Waals surface area contributed by atoms with Crippen LogP contribution in [0.15, 0.2) is 33.3 Å². The van der Waals surface area contributed by atoms with Crippen LogP contribution in [0.5, 0.6) is 0 Å². The van der Waals surface area contributed by atoms with Crippen LogP contribution in [0.3, 0.4) is 0 Å². The second-order valence-corrected chi connectivity index (χ2v) is 5.27. The van der Waals surface area contributed by atoms with Crippen LogP contribution in [0.4, 0.5) is 0 Å². The molecule has 0 aliphatic heterocycles. The van der Waals surface area contributed by atoms with Crippen molar-refractivity contribution in [3.8, 4) is 0 Å². The smallest absolute Gasteiger partial charge is 0.313 e. The highest BCUT2D eigenvalue weighted by atomic mass is 32.2. The van der Waals surface area contributed by atoms with Crippen molar-refractivity contribution in [1.82, 2.24) is 25.1 Å². The van der Waals surface area contributed by atoms with Gasteiger partial charge in [-0.15, -0.1) is 5.10 Å². The molecule has 2 heterocycles. The molecule has 0 fully saturated rings. The molecule has 108 valence electrons. The Morgan fingerprint density at radius 3 is 3.05 bits per heavy atom. The van der Waals surface area contributed by atoms with Gasteiger partial charge in [0.15, 0.2) is 5.16 Å². The summed E-state index contributed by atoms with van der Waals surface area (Å²) in [4.78, 5) is 16.1. The van der Waals surface area contributed by atoms with Crippen molar-refractivity contribution in [2.45, 2.75) is 43.5 Å². The Morgan fingerprint density at radius 2 is 2.30 bits per heavy atom. The molecule has 7 heteroatoms. The Balaban J connectivity index is 2.23. The Labute approximate surface area is 122 Å². The summed E-state index contributed by atoms with van der Waals surface area (Å²) in [6, 6.07) is 3.95. The Bertz CT molecular complexity index is 607. The van der Waals surface area contributed by atoms with E-state index in [2.05, 4.69) is 27.4 Å². The van der Waals surface area contributed by atoms with Gasteiger partial charge in [-0.25, -0.2) is 14.9 Å². The maximum atomic E-state index is 11.7. The monoisotopic (exact) mass is 293 g/mol. The third kappa shape index (κ3) is 3.49. The van der Waals surface area contributed by atoms with Crippen LogP contribution >= 0.6 is 11.8 Å². The van der Waals surface area contributed by atoms with Gasteiger partial charge >= 0.3 is 5.69 Å². The van der Waals surface area contributed by atoms with E-state index in [-0.39, 0.29) is 5.69 Å². The van der Waals surface area contributed by atoms with Crippen molar-refractivity contribution in [2.24, 2.45) is 0 Å². The van der Waals surface area contributed by atoms with E-state index in [9.17, 15) is 4.79 Å². The van der Waals surface area contributed by atoms with Crippen molar-refractivity contribution in [3.05, 3.63) is 34.4 Å². The second kappa shape index (κ2) is 7.25. The first-order valence-electron chi connectivity index (χ1n) is 6.74. The molecule has 0 amide bonds. The van der Waals surface area contributed by atoms with Gasteiger partial charge in [0.2, 0.25) is 0 Å². The average molecular weight is 293 g/mol. The number of aromatic nitrogens is 4. The quantitative estimate of drug-likeness (QED) is 0.811. The Hall–Kier alpha value is -1.60. The highest BCUT2D eigenvalue weighted by Crippen LogP contribution is 2.26. The van der Waals surface area contributed by atoms with Crippen LogP contribution in [0.25, 0.3) is 0 Å². The van der Waals surface area contributed by atoms with E-state index in [0.29, 0.717) is 11.7 Å². The van der Waals surface area contributed by atoms with Crippen molar-refractivity contribution in [1.29, 1.82) is 0 Å². The number of nitrogens with zero attached hydrogens (tertiary/aromatic N) is 3. The summed E-state index contributed by atoms with van der Waals surface area (Å²) in [6.45, 7) is 6.42. The molecule has 2 rings (SSSR count). The maximum Gasteiger partial charge on any atom is 0.343 e. The summed E-state index contributed by atoms with van der Waals surface area (Å²) < 4.78 is 1.65. The number of rotatable bonds is 7. The fourth-order valence-electron chi connectivity index (χ4n) is 1.80. The molecule has 2 N–H and O–H groups in total. The van der Waals surface area contributed by atoms with Crippen molar-refractivity contribution in [3.63, 3.8) is 0 Å². The normalized spacial score (nSPS) is 10.9. The Kier molecular flexibility index (Phi) is 5.37. The summed E-state index contributed by atoms with van der Waals surface area (Å²) in [6.07, 6.45) is 2.65. The minimum atomic E-state index is -0.168. The standard InChI is InChI=1S/C13H19N5OS/c1-3-8-18-12(19)16-17-13(18)20-11-10(9-14-4-2)6-5-7-15-11/h5-7,14H,3-4,8-9H2,1-2H3,(H,16,19). The molecular formula is C13H19N5OS. The molecule has 2 aromatic rings. The van der Waals surface area contributed by atoms with E-state index >= 15 is 0 Å². The van der Waals surface area contributed by atoms with Gasteiger partial charge in [0.05, 0.1) is 0 Å². The summed E-state index contributed by atoms with van der Waals surface area (Å²) in [5, 5.41) is 11.4. The van der Waals surface area contributed by atoms with E-state index in [1.165, 1.54) is 11.8 Å². The first kappa shape index (κ1) is 14.8. The summed E-state index contributed by atoms with van der Waals surface area (Å²) >= 11 is 1.42. The van der Waals surface area contributed by atoms with Crippen molar-refractivity contribution < 1.29 is 0 Å². The maximum absolute atomic E-state index is 11.7. The second-order valence-electron chi connectivity index (χ2n) is 4.31. The summed E-state index contributed by atoms with van der Waals surface area (Å²) in [5.74, 6) is 0. The third-order valence-corrected chi connectivity index (χ3v) is 3.83. The predicted octanol–water partition coefficient (Wildman–Crippen LogP) is 1.64. The predicted molar refractivity (Wildman–Crippen MR) is 78.9 cm³/mol. The molecule has 0 saturated carbocycles. The van der Waals surface area contributed by atoms with Gasteiger partial charge in [0.25, 0.3) is 0 Å². The molecule has 20 heavy (non-hydrogen) atoms. The molecule has 0 saturated heterocycles. The summed E-state index contributed by atoms with van der Waals surface area (Å²) in [5.41, 5.74) is 0.941. The molecule has 0 aliphatic carbocycles. The number of hydrogen-bond acceptors (Lipinski definition) is 5. The van der Waals surface area contributed by atoms with E-state index in [0.717, 1.165) is 30.1 Å². The molecule has 2 aromatic heterocycles. The topological polar surface area (TPSA) is 75.6 Å². The zero-order valence-electron chi connectivity index (χ0n) is 11.7. The Morgan fingerprint density at radius 1 is 1.45 bits per heavy atom. The minimum Gasteiger partial charge on any atom is -0.313 e. The number of pyridine rings is 1. The SMILES string of the molecule is CCCn1c(Sc2ncccc2CNCC)n[nH]c1=O. The zero-order valence-corrected chi connectivity index (χ0v) is 12.5. The van der Waals surface area contributed by atoms with Gasteiger partial charge < -0.3 is 5.32 Å². The first-order valence-corrected chi connectivity index (χ1v) is 7.55. The van der Waals surface area contributed by atoms with E-state index < -0.39 is 0 Å². The number of H-pyrrole nitrogens is 1. The van der Waals surface area contributed by atoms with Crippen LogP contribution in [-0.4, -0.2) is 26.3 Å². The van der Waals surface area contributed by atoms with E-state index in [1.54, 1.807) is 10.8 Å². The third-order valence-electron chi connectivity index (χ3n) is 2.77. The lowest BCUT2D eigenvalue weighted by Crippen LogP contribution is -2.17. The number of aromatic amines is 1. The van der Waals surface area contributed by atoms with Crippen molar-refractivity contribution in [2.75, 3.05) is 6.54 Å². The first-order chi connectivity index (χ1) is 9.76. The van der Waals surface area contributed by atoms with Crippen molar-refractivity contribution >= 4 is 11.8 Å². The van der Waals surface area contributed by atoms with E-state index in [4.69, 9.17) is 0 Å². The van der Waals surface area contributed by atoms with Crippen LogP contribution in [0, 0.1) is 0 Å². The van der Waals surface area contributed by atoms with Gasteiger partial charge in [-0.1, -0.05) is 19.9 Å². The zero-order chi connectivity index (χ0) is 14.4. The highest BCUT2D eigenvalue weighted by molar-refractivity contribution is 7.99. The lowest BCUT2D eigenvalue weighted by atomic mass is 10.3. The summed E-state index contributed by atoms with van der Waals surface area (Å²) in [7, 11) is 0.